The molecule has 0 saturated carbocycles. The Bertz CT molecular complexity index is 776. The van der Waals surface area contributed by atoms with E-state index in [2.05, 4.69) is 53.1 Å². The number of aromatic hydroxyl groups is 1. The lowest BCUT2D eigenvalue weighted by Gasteiger charge is -2.04. The summed E-state index contributed by atoms with van der Waals surface area (Å²) in [5.74, 6) is 0.000717. The molecular weight excluding hydrogens is 466 g/mol. The first-order valence-electron chi connectivity index (χ1n) is 5.96. The molecule has 0 radical (unpaired) electrons. The lowest BCUT2D eigenvalue weighted by atomic mass is 10.0. The number of anilines is 1. The van der Waals surface area contributed by atoms with Crippen molar-refractivity contribution in [3.8, 4) is 5.75 Å². The van der Waals surface area contributed by atoms with Crippen LogP contribution < -0.4 is 5.32 Å². The molecule has 0 aromatic heterocycles. The van der Waals surface area contributed by atoms with Crippen molar-refractivity contribution in [1.82, 2.24) is 0 Å². The minimum absolute atomic E-state index is 0.136. The van der Waals surface area contributed by atoms with E-state index in [-0.39, 0.29) is 11.7 Å². The molecule has 1 aliphatic rings. The van der Waals surface area contributed by atoms with Gasteiger partial charge < -0.3 is 10.4 Å². The number of hydrogen-bond donors (Lipinski definition) is 2. The van der Waals surface area contributed by atoms with E-state index in [9.17, 15) is 9.90 Å². The Morgan fingerprint density at radius 2 is 1.71 bits per heavy atom. The van der Waals surface area contributed by atoms with E-state index in [0.717, 1.165) is 21.3 Å². The molecule has 3 rings (SSSR count). The normalized spacial score (nSPS) is 15.2. The molecule has 0 saturated heterocycles. The molecule has 2 aromatic carbocycles. The standard InChI is InChI=1S/C15H8Br3NO2/c16-8-1-2-9-10(15(21)19-13(9)6-8)3-7-4-11(17)14(20)12(18)5-7/h1-6,20H,(H,19,21). The van der Waals surface area contributed by atoms with Gasteiger partial charge in [-0.05, 0) is 67.8 Å². The zero-order valence-electron chi connectivity index (χ0n) is 10.5. The van der Waals surface area contributed by atoms with Gasteiger partial charge in [-0.15, -0.1) is 0 Å². The van der Waals surface area contributed by atoms with Crippen molar-refractivity contribution in [2.45, 2.75) is 0 Å². The number of hydrogen-bond acceptors (Lipinski definition) is 2. The minimum atomic E-state index is -0.136. The fourth-order valence-electron chi connectivity index (χ4n) is 2.15. The molecule has 0 unspecified atom stereocenters. The van der Waals surface area contributed by atoms with Crippen LogP contribution in [-0.4, -0.2) is 11.0 Å². The van der Waals surface area contributed by atoms with Crippen LogP contribution in [0.5, 0.6) is 5.75 Å². The van der Waals surface area contributed by atoms with Gasteiger partial charge >= 0.3 is 0 Å². The third kappa shape index (κ3) is 2.80. The van der Waals surface area contributed by atoms with E-state index < -0.39 is 0 Å². The highest BCUT2D eigenvalue weighted by Gasteiger charge is 2.24. The summed E-state index contributed by atoms with van der Waals surface area (Å²) >= 11 is 9.96. The van der Waals surface area contributed by atoms with Gasteiger partial charge in [0, 0.05) is 15.6 Å². The van der Waals surface area contributed by atoms with Crippen LogP contribution in [0.15, 0.2) is 43.7 Å². The van der Waals surface area contributed by atoms with E-state index >= 15 is 0 Å². The highest BCUT2D eigenvalue weighted by Crippen LogP contribution is 2.37. The number of carbonyl (C=O) groups excluding carboxylic acids is 1. The second-order valence-corrected chi connectivity index (χ2v) is 7.16. The number of halogens is 3. The van der Waals surface area contributed by atoms with Gasteiger partial charge in [-0.3, -0.25) is 4.79 Å². The van der Waals surface area contributed by atoms with E-state index in [1.807, 2.05) is 18.2 Å². The fourth-order valence-corrected chi connectivity index (χ4v) is 3.73. The van der Waals surface area contributed by atoms with Gasteiger partial charge in [0.25, 0.3) is 5.91 Å². The Balaban J connectivity index is 2.11. The van der Waals surface area contributed by atoms with Gasteiger partial charge in [-0.25, -0.2) is 0 Å². The van der Waals surface area contributed by atoms with Crippen molar-refractivity contribution in [2.24, 2.45) is 0 Å². The van der Waals surface area contributed by atoms with Crippen LogP contribution in [0, 0.1) is 0 Å². The number of phenols is 1. The third-order valence-electron chi connectivity index (χ3n) is 3.11. The quantitative estimate of drug-likeness (QED) is 0.561. The molecule has 2 N–H and O–H groups in total. The van der Waals surface area contributed by atoms with Gasteiger partial charge in [-0.1, -0.05) is 22.0 Å². The first-order valence-corrected chi connectivity index (χ1v) is 8.34. The number of rotatable bonds is 1. The number of nitrogens with one attached hydrogen (secondary N) is 1. The molecular formula is C15H8Br3NO2. The molecule has 0 aliphatic carbocycles. The summed E-state index contributed by atoms with van der Waals surface area (Å²) in [6.07, 6.45) is 1.80. The van der Waals surface area contributed by atoms with Gasteiger partial charge in [-0.2, -0.15) is 0 Å². The van der Waals surface area contributed by atoms with Crippen LogP contribution in [0.1, 0.15) is 11.1 Å². The molecule has 6 heteroatoms. The van der Waals surface area contributed by atoms with Gasteiger partial charge in [0.15, 0.2) is 0 Å². The average molecular weight is 474 g/mol. The van der Waals surface area contributed by atoms with Crippen molar-refractivity contribution in [1.29, 1.82) is 0 Å². The fraction of sp³-hybridized carbons (Fsp3) is 0. The monoisotopic (exact) mass is 471 g/mol. The Hall–Kier alpha value is -1.11. The summed E-state index contributed by atoms with van der Waals surface area (Å²) in [6, 6.07) is 9.19. The van der Waals surface area contributed by atoms with E-state index in [1.54, 1.807) is 18.2 Å². The molecule has 106 valence electrons. The molecule has 2 aromatic rings. The van der Waals surface area contributed by atoms with Crippen molar-refractivity contribution in [3.05, 3.63) is 54.9 Å². The predicted octanol–water partition coefficient (Wildman–Crippen LogP) is 5.17. The molecule has 0 spiro atoms. The van der Waals surface area contributed by atoms with Crippen LogP contribution in [0.3, 0.4) is 0 Å². The van der Waals surface area contributed by atoms with Crippen LogP contribution in [-0.2, 0) is 4.79 Å². The molecule has 3 nitrogen and oxygen atoms in total. The Kier molecular flexibility index (Phi) is 3.94. The van der Waals surface area contributed by atoms with Gasteiger partial charge in [0.05, 0.1) is 14.6 Å². The summed E-state index contributed by atoms with van der Waals surface area (Å²) < 4.78 is 2.05. The largest absolute Gasteiger partial charge is 0.506 e. The second kappa shape index (κ2) is 5.59. The van der Waals surface area contributed by atoms with Gasteiger partial charge in [0.1, 0.15) is 5.75 Å². The minimum Gasteiger partial charge on any atom is -0.506 e. The summed E-state index contributed by atoms with van der Waals surface area (Å²) in [4.78, 5) is 12.1. The van der Waals surface area contributed by atoms with E-state index in [0.29, 0.717) is 14.5 Å². The Morgan fingerprint density at radius 1 is 1.05 bits per heavy atom. The van der Waals surface area contributed by atoms with Crippen molar-refractivity contribution in [3.63, 3.8) is 0 Å². The Labute approximate surface area is 146 Å². The first-order chi connectivity index (χ1) is 9.95. The SMILES string of the molecule is O=C1Nc2cc(Br)ccc2C1=Cc1cc(Br)c(O)c(Br)c1. The lowest BCUT2D eigenvalue weighted by molar-refractivity contribution is -0.110. The van der Waals surface area contributed by atoms with Crippen LogP contribution in [0.2, 0.25) is 0 Å². The summed E-state index contributed by atoms with van der Waals surface area (Å²) in [5.41, 5.74) is 3.07. The Morgan fingerprint density at radius 3 is 2.38 bits per heavy atom. The number of carbonyl (C=O) groups is 1. The first kappa shape index (κ1) is 14.8. The zero-order chi connectivity index (χ0) is 15.1. The van der Waals surface area contributed by atoms with Crippen molar-refractivity contribution < 1.29 is 9.90 Å². The highest BCUT2D eigenvalue weighted by molar-refractivity contribution is 9.11. The number of phenolic OH excluding ortho intramolecular Hbond substituents is 1. The maximum atomic E-state index is 12.1. The van der Waals surface area contributed by atoms with Crippen molar-refractivity contribution >= 4 is 71.0 Å². The third-order valence-corrected chi connectivity index (χ3v) is 4.82. The summed E-state index contributed by atoms with van der Waals surface area (Å²) in [5, 5.41) is 12.6. The molecule has 21 heavy (non-hydrogen) atoms. The summed E-state index contributed by atoms with van der Waals surface area (Å²) in [6.45, 7) is 0. The highest BCUT2D eigenvalue weighted by atomic mass is 79.9. The van der Waals surface area contributed by atoms with Crippen LogP contribution in [0.25, 0.3) is 11.6 Å². The van der Waals surface area contributed by atoms with Crippen LogP contribution >= 0.6 is 47.8 Å². The maximum Gasteiger partial charge on any atom is 0.256 e. The second-order valence-electron chi connectivity index (χ2n) is 4.54. The number of benzene rings is 2. The molecule has 1 aliphatic heterocycles. The van der Waals surface area contributed by atoms with Gasteiger partial charge in [0.2, 0.25) is 0 Å². The number of amides is 1. The smallest absolute Gasteiger partial charge is 0.256 e. The maximum absolute atomic E-state index is 12.1. The summed E-state index contributed by atoms with van der Waals surface area (Å²) in [7, 11) is 0. The molecule has 0 bridgehead atoms. The average Bonchev–Trinajstić information content (AvgIpc) is 2.71. The molecule has 0 atom stereocenters. The predicted molar refractivity (Wildman–Crippen MR) is 94.1 cm³/mol. The lowest BCUT2D eigenvalue weighted by Crippen LogP contribution is -2.03. The molecule has 1 heterocycles. The zero-order valence-corrected chi connectivity index (χ0v) is 15.2. The van der Waals surface area contributed by atoms with E-state index in [1.165, 1.54) is 0 Å². The number of fused-ring (bicyclic) bond motifs is 1. The topological polar surface area (TPSA) is 49.3 Å². The molecule has 0 fully saturated rings. The van der Waals surface area contributed by atoms with E-state index in [4.69, 9.17) is 0 Å². The van der Waals surface area contributed by atoms with Crippen LogP contribution in [0.4, 0.5) is 5.69 Å². The molecule has 1 amide bonds. The van der Waals surface area contributed by atoms with Crippen molar-refractivity contribution in [2.75, 3.05) is 5.32 Å².